The number of aliphatic hydroxyl groups is 1. The highest BCUT2D eigenvalue weighted by Gasteiger charge is 2.34. The Labute approximate surface area is 160 Å². The highest BCUT2D eigenvalue weighted by atomic mass is 19.1. The van der Waals surface area contributed by atoms with E-state index in [2.05, 4.69) is 0 Å². The average Bonchev–Trinajstić information content (AvgIpc) is 3.18. The first-order valence-corrected chi connectivity index (χ1v) is 9.62. The number of primary amides is 1. The number of likely N-dealkylation sites (tertiary alicyclic amines) is 1. The van der Waals surface area contributed by atoms with Crippen molar-refractivity contribution < 1.29 is 19.1 Å². The number of nitrogens with zero attached hydrogens (tertiary/aromatic N) is 1. The van der Waals surface area contributed by atoms with Gasteiger partial charge < -0.3 is 15.7 Å². The number of carbonyl (C=O) groups excluding carboxylic acids is 2. The summed E-state index contributed by atoms with van der Waals surface area (Å²) >= 11 is 0. The van der Waals surface area contributed by atoms with Gasteiger partial charge in [0.1, 0.15) is 0 Å². The summed E-state index contributed by atoms with van der Waals surface area (Å²) in [5.74, 6) is -1.62. The van der Waals surface area contributed by atoms with E-state index in [1.165, 1.54) is 0 Å². The molecule has 1 unspecified atom stereocenters. The summed E-state index contributed by atoms with van der Waals surface area (Å²) < 4.78 is 14.3. The number of carbonyl (C=O) groups is 2. The first-order valence-electron chi connectivity index (χ1n) is 9.62. The predicted molar refractivity (Wildman–Crippen MR) is 102 cm³/mol. The monoisotopic (exact) mass is 377 g/mol. The molecule has 1 aromatic rings. The molecule has 1 heterocycles. The summed E-state index contributed by atoms with van der Waals surface area (Å²) in [5.41, 5.74) is 4.03. The zero-order valence-corrected chi connectivity index (χ0v) is 15.9. The van der Waals surface area contributed by atoms with Crippen molar-refractivity contribution in [3.63, 3.8) is 0 Å². The molecule has 27 heavy (non-hydrogen) atoms. The molecule has 1 aliphatic heterocycles. The van der Waals surface area contributed by atoms with Crippen molar-refractivity contribution in [1.82, 2.24) is 4.90 Å². The molecule has 5 nitrogen and oxygen atoms in total. The highest BCUT2D eigenvalue weighted by molar-refractivity contribution is 5.83. The first kappa shape index (κ1) is 21.4. The summed E-state index contributed by atoms with van der Waals surface area (Å²) in [6.45, 7) is 2.54. The number of hydrogen-bond acceptors (Lipinski definition) is 3. The SMILES string of the molecule is CC(F)(CC[C@H](C[C@@H](O)[CH]Cc1ccccc1)C(=O)N1CCCC1)C(N)=O. The van der Waals surface area contributed by atoms with E-state index < -0.39 is 23.6 Å². The molecule has 2 amide bonds. The number of amides is 2. The molecule has 149 valence electrons. The zero-order valence-electron chi connectivity index (χ0n) is 15.9. The quantitative estimate of drug-likeness (QED) is 0.657. The third-order valence-electron chi connectivity index (χ3n) is 5.24. The molecular formula is C21H30FN2O3. The number of halogens is 1. The molecule has 0 saturated carbocycles. The second kappa shape index (κ2) is 9.83. The fraction of sp³-hybridized carbons (Fsp3) is 0.571. The Morgan fingerprint density at radius 3 is 2.52 bits per heavy atom. The van der Waals surface area contributed by atoms with Crippen molar-refractivity contribution in [3.8, 4) is 0 Å². The Balaban J connectivity index is 1.95. The van der Waals surface area contributed by atoms with Crippen LogP contribution in [0.3, 0.4) is 0 Å². The van der Waals surface area contributed by atoms with Crippen LogP contribution in [-0.2, 0) is 16.0 Å². The van der Waals surface area contributed by atoms with Gasteiger partial charge in [0.2, 0.25) is 5.91 Å². The van der Waals surface area contributed by atoms with Crippen LogP contribution in [0.25, 0.3) is 0 Å². The van der Waals surface area contributed by atoms with Gasteiger partial charge in [-0.05, 0) is 57.4 Å². The van der Waals surface area contributed by atoms with Crippen LogP contribution >= 0.6 is 0 Å². The molecule has 1 fully saturated rings. The third kappa shape index (κ3) is 6.61. The Hall–Kier alpha value is -1.95. The van der Waals surface area contributed by atoms with Crippen LogP contribution in [0.1, 0.15) is 44.6 Å². The van der Waals surface area contributed by atoms with E-state index in [1.807, 2.05) is 30.3 Å². The summed E-state index contributed by atoms with van der Waals surface area (Å²) in [6, 6.07) is 9.73. The highest BCUT2D eigenvalue weighted by Crippen LogP contribution is 2.26. The molecule has 0 bridgehead atoms. The average molecular weight is 377 g/mol. The number of aliphatic hydroxyl groups excluding tert-OH is 1. The van der Waals surface area contributed by atoms with Crippen LogP contribution in [0.5, 0.6) is 0 Å². The van der Waals surface area contributed by atoms with Gasteiger partial charge in [0, 0.05) is 19.0 Å². The molecule has 3 atom stereocenters. The fourth-order valence-corrected chi connectivity index (χ4v) is 3.38. The Kier molecular flexibility index (Phi) is 7.78. The van der Waals surface area contributed by atoms with Crippen LogP contribution in [0.2, 0.25) is 0 Å². The standard InChI is InChI=1S/C21H30FN2O3/c1-21(22,20(23)27)12-11-17(19(26)24-13-5-6-14-24)15-18(25)10-9-16-7-3-2-4-8-16/h2-4,7-8,10,17-18,25H,5-6,9,11-15H2,1H3,(H2,23,27)/t17-,18+,21?/m1/s1. The van der Waals surface area contributed by atoms with Crippen LogP contribution < -0.4 is 5.73 Å². The van der Waals surface area contributed by atoms with E-state index in [9.17, 15) is 19.1 Å². The molecule has 1 aromatic carbocycles. The van der Waals surface area contributed by atoms with Crippen molar-refractivity contribution in [2.45, 2.75) is 57.2 Å². The van der Waals surface area contributed by atoms with Crippen LogP contribution in [0, 0.1) is 12.3 Å². The van der Waals surface area contributed by atoms with Gasteiger partial charge in [0.25, 0.3) is 5.91 Å². The molecular weight excluding hydrogens is 347 g/mol. The lowest BCUT2D eigenvalue weighted by Crippen LogP contribution is -2.40. The van der Waals surface area contributed by atoms with Gasteiger partial charge >= 0.3 is 0 Å². The number of hydrogen-bond donors (Lipinski definition) is 2. The number of alkyl halides is 1. The van der Waals surface area contributed by atoms with Crippen molar-refractivity contribution in [2.75, 3.05) is 13.1 Å². The molecule has 0 aromatic heterocycles. The van der Waals surface area contributed by atoms with Gasteiger partial charge in [-0.2, -0.15) is 0 Å². The molecule has 2 rings (SSSR count). The number of nitrogens with two attached hydrogens (primary N) is 1. The van der Waals surface area contributed by atoms with Crippen molar-refractivity contribution in [1.29, 1.82) is 0 Å². The van der Waals surface area contributed by atoms with Crippen molar-refractivity contribution in [3.05, 3.63) is 42.3 Å². The maximum absolute atomic E-state index is 14.3. The minimum absolute atomic E-state index is 0.0695. The van der Waals surface area contributed by atoms with E-state index in [-0.39, 0.29) is 25.2 Å². The third-order valence-corrected chi connectivity index (χ3v) is 5.24. The molecule has 0 spiro atoms. The largest absolute Gasteiger partial charge is 0.393 e. The van der Waals surface area contributed by atoms with Crippen molar-refractivity contribution >= 4 is 11.8 Å². The summed E-state index contributed by atoms with van der Waals surface area (Å²) in [6.07, 6.45) is 3.78. The second-order valence-corrected chi connectivity index (χ2v) is 7.56. The van der Waals surface area contributed by atoms with Gasteiger partial charge in [0.15, 0.2) is 5.67 Å². The fourth-order valence-electron chi connectivity index (χ4n) is 3.38. The maximum Gasteiger partial charge on any atom is 0.254 e. The lowest BCUT2D eigenvalue weighted by atomic mass is 9.88. The lowest BCUT2D eigenvalue weighted by molar-refractivity contribution is -0.137. The van der Waals surface area contributed by atoms with E-state index in [0.29, 0.717) is 19.5 Å². The van der Waals surface area contributed by atoms with Gasteiger partial charge in [-0.25, -0.2) is 4.39 Å². The number of benzene rings is 1. The lowest BCUT2D eigenvalue weighted by Gasteiger charge is -2.27. The summed E-state index contributed by atoms with van der Waals surface area (Å²) in [5, 5.41) is 10.4. The predicted octanol–water partition coefficient (Wildman–Crippen LogP) is 2.42. The Morgan fingerprint density at radius 2 is 1.93 bits per heavy atom. The minimum Gasteiger partial charge on any atom is -0.393 e. The van der Waals surface area contributed by atoms with Crippen LogP contribution in [0.15, 0.2) is 30.3 Å². The molecule has 0 aliphatic carbocycles. The van der Waals surface area contributed by atoms with E-state index in [1.54, 1.807) is 11.3 Å². The first-order chi connectivity index (χ1) is 12.8. The molecule has 6 heteroatoms. The van der Waals surface area contributed by atoms with Crippen LogP contribution in [-0.4, -0.2) is 46.7 Å². The topological polar surface area (TPSA) is 83.6 Å². The Bertz CT molecular complexity index is 615. The minimum atomic E-state index is -2.15. The smallest absolute Gasteiger partial charge is 0.254 e. The molecule has 1 aliphatic rings. The van der Waals surface area contributed by atoms with Crippen molar-refractivity contribution in [2.24, 2.45) is 11.7 Å². The molecule has 1 radical (unpaired) electrons. The number of rotatable bonds is 10. The Morgan fingerprint density at radius 1 is 1.30 bits per heavy atom. The van der Waals surface area contributed by atoms with E-state index in [4.69, 9.17) is 5.73 Å². The van der Waals surface area contributed by atoms with Gasteiger partial charge in [-0.15, -0.1) is 0 Å². The van der Waals surface area contributed by atoms with Gasteiger partial charge in [0.05, 0.1) is 6.10 Å². The summed E-state index contributed by atoms with van der Waals surface area (Å²) in [4.78, 5) is 25.8. The zero-order chi connectivity index (χ0) is 19.9. The van der Waals surface area contributed by atoms with Crippen LogP contribution in [0.4, 0.5) is 4.39 Å². The normalized spacial score (nSPS) is 18.7. The maximum atomic E-state index is 14.3. The van der Waals surface area contributed by atoms with E-state index >= 15 is 0 Å². The summed E-state index contributed by atoms with van der Waals surface area (Å²) in [7, 11) is 0. The van der Waals surface area contributed by atoms with Gasteiger partial charge in [-0.3, -0.25) is 9.59 Å². The second-order valence-electron chi connectivity index (χ2n) is 7.56. The molecule has 1 saturated heterocycles. The van der Waals surface area contributed by atoms with E-state index in [0.717, 1.165) is 25.3 Å². The van der Waals surface area contributed by atoms with Gasteiger partial charge in [-0.1, -0.05) is 30.3 Å². The molecule has 3 N–H and O–H groups in total.